The molecule has 0 bridgehead atoms. The minimum Gasteiger partial charge on any atom is -0.497 e. The molecular weight excluding hydrogens is 438 g/mol. The van der Waals surface area contributed by atoms with Crippen molar-refractivity contribution in [2.24, 2.45) is 0 Å². The number of nitrogens with zero attached hydrogens (tertiary/aromatic N) is 1. The fraction of sp³-hybridized carbons (Fsp3) is 0.231. The molecular formula is C26H27NO5S. The van der Waals surface area contributed by atoms with Crippen LogP contribution in [0, 0.1) is 6.92 Å². The van der Waals surface area contributed by atoms with Crippen molar-refractivity contribution in [1.29, 1.82) is 0 Å². The van der Waals surface area contributed by atoms with E-state index < -0.39 is 10.1 Å². The zero-order valence-corrected chi connectivity index (χ0v) is 19.9. The molecule has 6 nitrogen and oxygen atoms in total. The van der Waals surface area contributed by atoms with E-state index in [1.165, 1.54) is 6.07 Å². The van der Waals surface area contributed by atoms with Gasteiger partial charge in [0.2, 0.25) is 0 Å². The number of aromatic nitrogens is 1. The Hall–Kier alpha value is -3.29. The Kier molecular flexibility index (Phi) is 6.19. The van der Waals surface area contributed by atoms with E-state index in [9.17, 15) is 13.0 Å². The van der Waals surface area contributed by atoms with Gasteiger partial charge in [-0.05, 0) is 73.4 Å². The first-order chi connectivity index (χ1) is 15.7. The molecule has 4 aromatic rings. The van der Waals surface area contributed by atoms with E-state index in [1.54, 1.807) is 13.2 Å². The van der Waals surface area contributed by atoms with Crippen LogP contribution in [0.5, 0.6) is 11.5 Å². The highest BCUT2D eigenvalue weighted by atomic mass is 32.2. The van der Waals surface area contributed by atoms with Crippen molar-refractivity contribution in [1.82, 2.24) is 4.57 Å². The molecule has 0 aliphatic rings. The Morgan fingerprint density at radius 3 is 2.52 bits per heavy atom. The van der Waals surface area contributed by atoms with Gasteiger partial charge in [0.05, 0.1) is 18.3 Å². The Bertz CT molecular complexity index is 1420. The number of hydrogen-bond donors (Lipinski definition) is 1. The predicted octanol–water partition coefficient (Wildman–Crippen LogP) is 5.90. The topological polar surface area (TPSA) is 77.8 Å². The first-order valence-corrected chi connectivity index (χ1v) is 12.2. The number of methoxy groups -OCH3 is 1. The summed E-state index contributed by atoms with van der Waals surface area (Å²) in [6.45, 7) is 5.87. The van der Waals surface area contributed by atoms with Crippen LogP contribution in [0.1, 0.15) is 36.6 Å². The summed E-state index contributed by atoms with van der Waals surface area (Å²) < 4.78 is 47.6. The normalized spacial score (nSPS) is 12.6. The van der Waals surface area contributed by atoms with Gasteiger partial charge >= 0.3 is 0 Å². The summed E-state index contributed by atoms with van der Waals surface area (Å²) in [5.41, 5.74) is 4.05. The highest BCUT2D eigenvalue weighted by Gasteiger charge is 2.22. The maximum absolute atomic E-state index is 12.2. The van der Waals surface area contributed by atoms with Crippen molar-refractivity contribution in [3.63, 3.8) is 0 Å². The number of ether oxygens (including phenoxy) is 2. The molecule has 1 atom stereocenters. The van der Waals surface area contributed by atoms with Crippen molar-refractivity contribution in [2.45, 2.75) is 38.2 Å². The molecule has 0 spiro atoms. The predicted molar refractivity (Wildman–Crippen MR) is 129 cm³/mol. The molecule has 3 aromatic carbocycles. The van der Waals surface area contributed by atoms with Crippen molar-refractivity contribution in [3.8, 4) is 17.2 Å². The largest absolute Gasteiger partial charge is 0.497 e. The first kappa shape index (κ1) is 22.9. The summed E-state index contributed by atoms with van der Waals surface area (Å²) in [6.07, 6.45) is 2.22. The highest BCUT2D eigenvalue weighted by molar-refractivity contribution is 7.86. The SMILES string of the molecule is CCc1c(C)ccc(S(=O)(=O)O)c1-n1ccc2ccc(OC(C)c3cccc(OC)c3)cc21. The Morgan fingerprint density at radius 2 is 1.82 bits per heavy atom. The van der Waals surface area contributed by atoms with E-state index in [0.29, 0.717) is 17.9 Å². The fourth-order valence-electron chi connectivity index (χ4n) is 4.18. The summed E-state index contributed by atoms with van der Waals surface area (Å²) in [5.74, 6) is 1.41. The highest BCUT2D eigenvalue weighted by Crippen LogP contribution is 2.33. The standard InChI is InChI=1S/C26H27NO5S/c1-5-23-17(2)9-12-25(33(28,29)30)26(23)27-14-13-19-10-11-22(16-24(19)27)32-18(3)20-7-6-8-21(15-20)31-4/h6-16,18H,5H2,1-4H3,(H,28,29,30). The molecule has 1 N–H and O–H groups in total. The van der Waals surface area contributed by atoms with Gasteiger partial charge < -0.3 is 14.0 Å². The Morgan fingerprint density at radius 1 is 1.03 bits per heavy atom. The Balaban J connectivity index is 1.81. The smallest absolute Gasteiger partial charge is 0.296 e. The lowest BCUT2D eigenvalue weighted by Crippen LogP contribution is -2.09. The number of hydrogen-bond acceptors (Lipinski definition) is 4. The van der Waals surface area contributed by atoms with Gasteiger partial charge in [0, 0.05) is 17.6 Å². The van der Waals surface area contributed by atoms with Crippen molar-refractivity contribution in [2.75, 3.05) is 7.11 Å². The summed E-state index contributed by atoms with van der Waals surface area (Å²) in [5, 5.41) is 0.932. The summed E-state index contributed by atoms with van der Waals surface area (Å²) in [7, 11) is -2.78. The van der Waals surface area contributed by atoms with Gasteiger partial charge in [0.1, 0.15) is 22.5 Å². The van der Waals surface area contributed by atoms with Crippen LogP contribution in [0.4, 0.5) is 0 Å². The first-order valence-electron chi connectivity index (χ1n) is 10.7. The van der Waals surface area contributed by atoms with Gasteiger partial charge in [-0.3, -0.25) is 4.55 Å². The zero-order valence-electron chi connectivity index (χ0n) is 19.1. The van der Waals surface area contributed by atoms with E-state index >= 15 is 0 Å². The van der Waals surface area contributed by atoms with Gasteiger partial charge in [-0.2, -0.15) is 8.42 Å². The quantitative estimate of drug-likeness (QED) is 0.344. The molecule has 0 aliphatic heterocycles. The van der Waals surface area contributed by atoms with E-state index in [1.807, 2.05) is 80.1 Å². The molecule has 0 aliphatic carbocycles. The molecule has 0 fully saturated rings. The number of fused-ring (bicyclic) bond motifs is 1. The summed E-state index contributed by atoms with van der Waals surface area (Å²) in [4.78, 5) is -0.112. The van der Waals surface area contributed by atoms with E-state index in [4.69, 9.17) is 9.47 Å². The van der Waals surface area contributed by atoms with Crippen LogP contribution in [-0.4, -0.2) is 24.6 Å². The molecule has 4 rings (SSSR count). The minimum atomic E-state index is -4.41. The third-order valence-corrected chi connectivity index (χ3v) is 6.78. The van der Waals surface area contributed by atoms with Crippen LogP contribution in [0.25, 0.3) is 16.6 Å². The third kappa shape index (κ3) is 4.47. The average molecular weight is 466 g/mol. The van der Waals surface area contributed by atoms with Crippen LogP contribution >= 0.6 is 0 Å². The van der Waals surface area contributed by atoms with E-state index in [0.717, 1.165) is 33.3 Å². The van der Waals surface area contributed by atoms with Crippen LogP contribution in [-0.2, 0) is 16.5 Å². The molecule has 0 saturated heterocycles. The van der Waals surface area contributed by atoms with Crippen LogP contribution in [0.2, 0.25) is 0 Å². The number of aryl methyl sites for hydroxylation is 1. The van der Waals surface area contributed by atoms with Gasteiger partial charge in [-0.15, -0.1) is 0 Å². The van der Waals surface area contributed by atoms with Crippen molar-refractivity contribution >= 4 is 21.0 Å². The van der Waals surface area contributed by atoms with E-state index in [2.05, 4.69) is 0 Å². The van der Waals surface area contributed by atoms with Crippen molar-refractivity contribution < 1.29 is 22.4 Å². The lowest BCUT2D eigenvalue weighted by Gasteiger charge is -2.18. The lowest BCUT2D eigenvalue weighted by molar-refractivity contribution is 0.226. The van der Waals surface area contributed by atoms with Crippen LogP contribution in [0.3, 0.4) is 0 Å². The molecule has 0 amide bonds. The minimum absolute atomic E-state index is 0.112. The van der Waals surface area contributed by atoms with Gasteiger partial charge in [-0.25, -0.2) is 0 Å². The zero-order chi connectivity index (χ0) is 23.8. The van der Waals surface area contributed by atoms with Gasteiger partial charge in [-0.1, -0.05) is 25.1 Å². The monoisotopic (exact) mass is 465 g/mol. The average Bonchev–Trinajstić information content (AvgIpc) is 3.21. The summed E-state index contributed by atoms with van der Waals surface area (Å²) in [6, 6.07) is 18.5. The summed E-state index contributed by atoms with van der Waals surface area (Å²) >= 11 is 0. The number of rotatable bonds is 7. The molecule has 7 heteroatoms. The lowest BCUT2D eigenvalue weighted by atomic mass is 10.0. The fourth-order valence-corrected chi connectivity index (χ4v) is 4.88. The molecule has 0 saturated carbocycles. The van der Waals surface area contributed by atoms with Gasteiger partial charge in [0.25, 0.3) is 10.1 Å². The molecule has 1 unspecified atom stereocenters. The maximum Gasteiger partial charge on any atom is 0.296 e. The molecule has 33 heavy (non-hydrogen) atoms. The van der Waals surface area contributed by atoms with Crippen LogP contribution in [0.15, 0.2) is 71.8 Å². The third-order valence-electron chi connectivity index (χ3n) is 5.89. The Labute approximate surface area is 194 Å². The second-order valence-corrected chi connectivity index (χ2v) is 9.37. The molecule has 1 aromatic heterocycles. The van der Waals surface area contributed by atoms with Crippen LogP contribution < -0.4 is 9.47 Å². The second kappa shape index (κ2) is 8.92. The maximum atomic E-state index is 12.2. The number of benzene rings is 3. The molecule has 172 valence electrons. The van der Waals surface area contributed by atoms with Crippen molar-refractivity contribution in [3.05, 3.63) is 83.6 Å². The molecule has 1 heterocycles. The van der Waals surface area contributed by atoms with E-state index in [-0.39, 0.29) is 11.0 Å². The second-order valence-electron chi connectivity index (χ2n) is 7.98. The van der Waals surface area contributed by atoms with Gasteiger partial charge in [0.15, 0.2) is 0 Å². The molecule has 0 radical (unpaired) electrons.